The lowest BCUT2D eigenvalue weighted by atomic mass is 9.97. The number of hydrogen-bond acceptors (Lipinski definition) is 4. The molecular weight excluding hydrogens is 304 g/mol. The van der Waals surface area contributed by atoms with Crippen LogP contribution in [-0.2, 0) is 11.8 Å². The second-order valence-corrected chi connectivity index (χ2v) is 6.10. The van der Waals surface area contributed by atoms with E-state index in [1.54, 1.807) is 29.1 Å². The van der Waals surface area contributed by atoms with Crippen molar-refractivity contribution in [2.24, 2.45) is 7.05 Å². The van der Waals surface area contributed by atoms with E-state index in [0.717, 1.165) is 24.0 Å². The van der Waals surface area contributed by atoms with Gasteiger partial charge in [-0.2, -0.15) is 10.4 Å². The highest BCUT2D eigenvalue weighted by Gasteiger charge is 2.30. The van der Waals surface area contributed by atoms with Crippen LogP contribution in [0.2, 0.25) is 0 Å². The van der Waals surface area contributed by atoms with Gasteiger partial charge in [-0.15, -0.1) is 0 Å². The minimum absolute atomic E-state index is 0.0921. The predicted molar refractivity (Wildman–Crippen MR) is 88.3 cm³/mol. The summed E-state index contributed by atoms with van der Waals surface area (Å²) in [6.07, 6.45) is 5.29. The van der Waals surface area contributed by atoms with Gasteiger partial charge in [0.05, 0.1) is 23.9 Å². The van der Waals surface area contributed by atoms with Crippen LogP contribution >= 0.6 is 0 Å². The maximum atomic E-state index is 12.6. The monoisotopic (exact) mass is 324 g/mol. The third-order valence-electron chi connectivity index (χ3n) is 4.29. The number of carbonyl (C=O) groups excluding carboxylic acids is 1. The number of rotatable bonds is 3. The Labute approximate surface area is 141 Å². The normalized spacial score (nSPS) is 20.4. The van der Waals surface area contributed by atoms with Gasteiger partial charge in [0.1, 0.15) is 6.10 Å². The summed E-state index contributed by atoms with van der Waals surface area (Å²) in [6.45, 7) is 2.52. The van der Waals surface area contributed by atoms with Crippen molar-refractivity contribution in [3.05, 3.63) is 52.8 Å². The first-order chi connectivity index (χ1) is 11.6. The van der Waals surface area contributed by atoms with Gasteiger partial charge in [-0.25, -0.2) is 0 Å². The Hall–Kier alpha value is -2.65. The highest BCUT2D eigenvalue weighted by atomic mass is 16.5. The summed E-state index contributed by atoms with van der Waals surface area (Å²) in [6, 6.07) is 7.09. The summed E-state index contributed by atoms with van der Waals surface area (Å²) in [5.74, 6) is -0.138. The molecule has 1 aromatic carbocycles. The summed E-state index contributed by atoms with van der Waals surface area (Å²) in [5.41, 5.74) is 2.91. The van der Waals surface area contributed by atoms with Crippen LogP contribution in [0.3, 0.4) is 0 Å². The molecule has 3 rings (SSSR count). The van der Waals surface area contributed by atoms with Gasteiger partial charge < -0.3 is 10.1 Å². The number of nitriles is 1. The molecule has 6 heteroatoms. The van der Waals surface area contributed by atoms with E-state index in [0.29, 0.717) is 17.7 Å². The van der Waals surface area contributed by atoms with Gasteiger partial charge in [0.2, 0.25) is 0 Å². The number of nitrogens with zero attached hydrogens (tertiary/aromatic N) is 3. The van der Waals surface area contributed by atoms with Crippen molar-refractivity contribution in [2.75, 3.05) is 6.61 Å². The van der Waals surface area contributed by atoms with Crippen molar-refractivity contribution >= 4 is 5.91 Å². The van der Waals surface area contributed by atoms with Gasteiger partial charge in [0, 0.05) is 31.0 Å². The highest BCUT2D eigenvalue weighted by molar-refractivity contribution is 5.96. The van der Waals surface area contributed by atoms with Crippen molar-refractivity contribution < 1.29 is 9.53 Å². The minimum atomic E-state index is -0.185. The Bertz CT molecular complexity index is 791. The second-order valence-electron chi connectivity index (χ2n) is 6.10. The van der Waals surface area contributed by atoms with Crippen molar-refractivity contribution in [2.45, 2.75) is 31.9 Å². The second kappa shape index (κ2) is 6.85. The number of nitrogens with one attached hydrogen (secondary N) is 1. The maximum Gasteiger partial charge on any atom is 0.251 e. The molecule has 1 saturated heterocycles. The van der Waals surface area contributed by atoms with Crippen LogP contribution in [0, 0.1) is 18.3 Å². The van der Waals surface area contributed by atoms with Crippen LogP contribution in [0.5, 0.6) is 0 Å². The van der Waals surface area contributed by atoms with E-state index < -0.39 is 0 Å². The Morgan fingerprint density at radius 3 is 3.00 bits per heavy atom. The van der Waals surface area contributed by atoms with Crippen LogP contribution in [0.15, 0.2) is 30.6 Å². The summed E-state index contributed by atoms with van der Waals surface area (Å²) < 4.78 is 7.62. The fourth-order valence-electron chi connectivity index (χ4n) is 3.08. The Morgan fingerprint density at radius 2 is 2.33 bits per heavy atom. The summed E-state index contributed by atoms with van der Waals surface area (Å²) in [4.78, 5) is 12.6. The molecule has 1 aromatic heterocycles. The van der Waals surface area contributed by atoms with Crippen molar-refractivity contribution in [3.8, 4) is 6.07 Å². The lowest BCUT2D eigenvalue weighted by molar-refractivity contribution is -0.00950. The number of aromatic nitrogens is 2. The molecule has 2 heterocycles. The Balaban J connectivity index is 1.78. The Morgan fingerprint density at radius 1 is 1.50 bits per heavy atom. The van der Waals surface area contributed by atoms with Crippen molar-refractivity contribution in [3.63, 3.8) is 0 Å². The quantitative estimate of drug-likeness (QED) is 0.939. The standard InChI is InChI=1S/C18H20N4O2/c1-12-8-13(9-19)5-6-15(12)18(23)21-16-4-3-7-24-17(16)14-10-20-22(2)11-14/h5-6,8,10-11,16-17H,3-4,7H2,1-2H3,(H,21,23)/t16-,17+/m0/s1. The lowest BCUT2D eigenvalue weighted by Gasteiger charge is -2.32. The van der Waals surface area contributed by atoms with E-state index in [4.69, 9.17) is 10.00 Å². The van der Waals surface area contributed by atoms with Gasteiger partial charge >= 0.3 is 0 Å². The van der Waals surface area contributed by atoms with E-state index in [1.807, 2.05) is 20.2 Å². The van der Waals surface area contributed by atoms with Gasteiger partial charge in [-0.3, -0.25) is 9.48 Å². The first-order valence-electron chi connectivity index (χ1n) is 8.00. The topological polar surface area (TPSA) is 79.9 Å². The molecule has 2 atom stereocenters. The highest BCUT2D eigenvalue weighted by Crippen LogP contribution is 2.28. The summed E-state index contributed by atoms with van der Waals surface area (Å²) >= 11 is 0. The molecular formula is C18H20N4O2. The maximum absolute atomic E-state index is 12.6. The molecule has 0 bridgehead atoms. The largest absolute Gasteiger partial charge is 0.371 e. The number of hydrogen-bond donors (Lipinski definition) is 1. The van der Waals surface area contributed by atoms with Gasteiger partial charge in [0.25, 0.3) is 5.91 Å². The third kappa shape index (κ3) is 3.31. The van der Waals surface area contributed by atoms with Crippen LogP contribution in [0.1, 0.15) is 46.0 Å². The molecule has 1 aliphatic rings. The third-order valence-corrected chi connectivity index (χ3v) is 4.29. The van der Waals surface area contributed by atoms with E-state index in [2.05, 4.69) is 16.5 Å². The molecule has 1 fully saturated rings. The van der Waals surface area contributed by atoms with E-state index in [-0.39, 0.29) is 18.1 Å². The first-order valence-corrected chi connectivity index (χ1v) is 8.00. The Kier molecular flexibility index (Phi) is 4.63. The molecule has 124 valence electrons. The molecule has 1 N–H and O–H groups in total. The smallest absolute Gasteiger partial charge is 0.251 e. The molecule has 0 unspecified atom stereocenters. The van der Waals surface area contributed by atoms with Crippen molar-refractivity contribution in [1.82, 2.24) is 15.1 Å². The van der Waals surface area contributed by atoms with E-state index in [1.165, 1.54) is 0 Å². The molecule has 0 spiro atoms. The fraction of sp³-hybridized carbons (Fsp3) is 0.389. The zero-order chi connectivity index (χ0) is 17.1. The molecule has 0 aliphatic carbocycles. The SMILES string of the molecule is Cc1cc(C#N)ccc1C(=O)N[C@H]1CCCO[C@@H]1c1cnn(C)c1. The first kappa shape index (κ1) is 16.2. The fourth-order valence-corrected chi connectivity index (χ4v) is 3.08. The van der Waals surface area contributed by atoms with E-state index >= 15 is 0 Å². The molecule has 1 amide bonds. The lowest BCUT2D eigenvalue weighted by Crippen LogP contribution is -2.42. The minimum Gasteiger partial charge on any atom is -0.371 e. The molecule has 24 heavy (non-hydrogen) atoms. The van der Waals surface area contributed by atoms with E-state index in [9.17, 15) is 4.79 Å². The van der Waals surface area contributed by atoms with Crippen LogP contribution < -0.4 is 5.32 Å². The van der Waals surface area contributed by atoms with Crippen molar-refractivity contribution in [1.29, 1.82) is 5.26 Å². The van der Waals surface area contributed by atoms with Crippen LogP contribution in [-0.4, -0.2) is 28.3 Å². The average Bonchev–Trinajstić information content (AvgIpc) is 3.01. The molecule has 1 aliphatic heterocycles. The molecule has 2 aromatic rings. The number of amides is 1. The van der Waals surface area contributed by atoms with Gasteiger partial charge in [-0.1, -0.05) is 0 Å². The van der Waals surface area contributed by atoms with Gasteiger partial charge in [-0.05, 0) is 43.5 Å². The predicted octanol–water partition coefficient (Wildman–Crippen LogP) is 2.25. The number of ether oxygens (including phenoxy) is 1. The summed E-state index contributed by atoms with van der Waals surface area (Å²) in [5, 5.41) is 16.2. The van der Waals surface area contributed by atoms with Crippen LogP contribution in [0.25, 0.3) is 0 Å². The van der Waals surface area contributed by atoms with Crippen LogP contribution in [0.4, 0.5) is 0 Å². The number of benzene rings is 1. The average molecular weight is 324 g/mol. The molecule has 0 radical (unpaired) electrons. The zero-order valence-electron chi connectivity index (χ0n) is 13.8. The van der Waals surface area contributed by atoms with Gasteiger partial charge in [0.15, 0.2) is 0 Å². The number of aryl methyl sites for hydroxylation is 2. The zero-order valence-corrected chi connectivity index (χ0v) is 13.8. The molecule has 6 nitrogen and oxygen atoms in total. The number of carbonyl (C=O) groups is 1. The summed E-state index contributed by atoms with van der Waals surface area (Å²) in [7, 11) is 1.86. The molecule has 0 saturated carbocycles.